The van der Waals surface area contributed by atoms with Crippen molar-refractivity contribution in [2.75, 3.05) is 30.5 Å². The molecule has 2 heteroatoms. The summed E-state index contributed by atoms with van der Waals surface area (Å²) < 4.78 is 0. The van der Waals surface area contributed by atoms with Gasteiger partial charge >= 0.3 is 0 Å². The van der Waals surface area contributed by atoms with Gasteiger partial charge in [-0.15, -0.1) is 0 Å². The van der Waals surface area contributed by atoms with Gasteiger partial charge in [0.2, 0.25) is 0 Å². The first-order valence-electron chi connectivity index (χ1n) is 5.58. The van der Waals surface area contributed by atoms with Crippen molar-refractivity contribution in [2.24, 2.45) is 0 Å². The summed E-state index contributed by atoms with van der Waals surface area (Å²) in [7, 11) is 0. The Morgan fingerprint density at radius 3 is 2.00 bits per heavy atom. The molecule has 1 heterocycles. The van der Waals surface area contributed by atoms with E-state index in [9.17, 15) is 0 Å². The summed E-state index contributed by atoms with van der Waals surface area (Å²) in [6.07, 6.45) is 8.20. The summed E-state index contributed by atoms with van der Waals surface area (Å²) in [5.74, 6) is 0. The van der Waals surface area contributed by atoms with Crippen LogP contribution >= 0.6 is 11.8 Å². The first kappa shape index (κ1) is 12.4. The van der Waals surface area contributed by atoms with Gasteiger partial charge in [-0.25, -0.2) is 0 Å². The molecule has 0 aromatic heterocycles. The number of nitrogens with zero attached hydrogens (tertiary/aromatic N) is 1. The highest BCUT2D eigenvalue weighted by Crippen LogP contribution is 2.18. The first-order valence-corrected chi connectivity index (χ1v) is 7.22. The number of hydrogen-bond acceptors (Lipinski definition) is 2. The first-order chi connectivity index (χ1) is 7.38. The van der Waals surface area contributed by atoms with E-state index >= 15 is 0 Å². The normalized spacial score (nSPS) is 15.5. The molecule has 0 saturated carbocycles. The topological polar surface area (TPSA) is 3.24 Å². The molecule has 1 saturated heterocycles. The van der Waals surface area contributed by atoms with Gasteiger partial charge in [0.15, 0.2) is 0 Å². The molecule has 1 aromatic carbocycles. The van der Waals surface area contributed by atoms with E-state index in [1.807, 2.05) is 12.5 Å². The van der Waals surface area contributed by atoms with Crippen molar-refractivity contribution in [3.63, 3.8) is 0 Å². The molecule has 1 fully saturated rings. The maximum absolute atomic E-state index is 2.48. The second-order valence-corrected chi connectivity index (χ2v) is 4.61. The van der Waals surface area contributed by atoms with Crippen LogP contribution in [0.2, 0.25) is 0 Å². The molecule has 0 unspecified atom stereocenters. The van der Waals surface area contributed by atoms with E-state index in [0.717, 1.165) is 0 Å². The monoisotopic (exact) mass is 223 g/mol. The summed E-state index contributed by atoms with van der Waals surface area (Å²) in [4.78, 5) is 2.48. The number of benzene rings is 1. The average molecular weight is 223 g/mol. The van der Waals surface area contributed by atoms with Crippen LogP contribution in [0.15, 0.2) is 30.3 Å². The minimum Gasteiger partial charge on any atom is -0.372 e. The van der Waals surface area contributed by atoms with Crippen LogP contribution in [0, 0.1) is 0 Å². The third-order valence-electron chi connectivity index (χ3n) is 2.48. The van der Waals surface area contributed by atoms with E-state index in [1.165, 1.54) is 38.0 Å². The molecule has 0 aliphatic carbocycles. The summed E-state index contributed by atoms with van der Waals surface area (Å²) in [6, 6.07) is 10.7. The van der Waals surface area contributed by atoms with Gasteiger partial charge in [-0.2, -0.15) is 11.8 Å². The van der Waals surface area contributed by atoms with Gasteiger partial charge in [-0.05, 0) is 43.9 Å². The Balaban J connectivity index is 0.000000337. The fourth-order valence-corrected chi connectivity index (χ4v) is 1.79. The highest BCUT2D eigenvalue weighted by atomic mass is 32.2. The fourth-order valence-electron chi connectivity index (χ4n) is 1.79. The lowest BCUT2D eigenvalue weighted by Crippen LogP contribution is -2.29. The van der Waals surface area contributed by atoms with Gasteiger partial charge in [-0.3, -0.25) is 0 Å². The van der Waals surface area contributed by atoms with Gasteiger partial charge in [0.1, 0.15) is 0 Å². The van der Waals surface area contributed by atoms with E-state index in [0.29, 0.717) is 0 Å². The lowest BCUT2D eigenvalue weighted by molar-refractivity contribution is 0.578. The molecule has 1 aliphatic rings. The van der Waals surface area contributed by atoms with Gasteiger partial charge in [0.05, 0.1) is 0 Å². The smallest absolute Gasteiger partial charge is 0.0366 e. The predicted octanol–water partition coefficient (Wildman–Crippen LogP) is 3.66. The van der Waals surface area contributed by atoms with E-state index in [2.05, 4.69) is 35.2 Å². The van der Waals surface area contributed by atoms with E-state index in [4.69, 9.17) is 0 Å². The van der Waals surface area contributed by atoms with Crippen LogP contribution in [0.25, 0.3) is 0 Å². The number of hydrogen-bond donors (Lipinski definition) is 0. The number of piperidine rings is 1. The molecule has 15 heavy (non-hydrogen) atoms. The van der Waals surface area contributed by atoms with Crippen molar-refractivity contribution in [1.82, 2.24) is 0 Å². The van der Waals surface area contributed by atoms with Crippen LogP contribution in [0.3, 0.4) is 0 Å². The zero-order valence-corrected chi connectivity index (χ0v) is 10.6. The van der Waals surface area contributed by atoms with Crippen molar-refractivity contribution in [1.29, 1.82) is 0 Å². The molecule has 0 bridgehead atoms. The number of anilines is 1. The Morgan fingerprint density at radius 2 is 1.47 bits per heavy atom. The molecule has 1 aliphatic heterocycles. The van der Waals surface area contributed by atoms with Crippen LogP contribution in [0.1, 0.15) is 19.3 Å². The van der Waals surface area contributed by atoms with E-state index < -0.39 is 0 Å². The van der Waals surface area contributed by atoms with Gasteiger partial charge in [0.25, 0.3) is 0 Å². The minimum absolute atomic E-state index is 1.24. The van der Waals surface area contributed by atoms with Crippen LogP contribution in [0.5, 0.6) is 0 Å². The van der Waals surface area contributed by atoms with E-state index in [-0.39, 0.29) is 0 Å². The molecule has 0 N–H and O–H groups in total. The van der Waals surface area contributed by atoms with Crippen LogP contribution < -0.4 is 4.90 Å². The second kappa shape index (κ2) is 7.63. The molecule has 0 atom stereocenters. The summed E-state index contributed by atoms with van der Waals surface area (Å²) >= 11 is 1.75. The molecule has 0 radical (unpaired) electrons. The Kier molecular flexibility index (Phi) is 6.33. The van der Waals surface area contributed by atoms with Crippen molar-refractivity contribution in [2.45, 2.75) is 19.3 Å². The Labute approximate surface area is 97.9 Å². The lowest BCUT2D eigenvalue weighted by Gasteiger charge is -2.28. The van der Waals surface area contributed by atoms with E-state index in [1.54, 1.807) is 11.8 Å². The predicted molar refractivity (Wildman–Crippen MR) is 71.9 cm³/mol. The minimum atomic E-state index is 1.24. The number of para-hydroxylation sites is 1. The largest absolute Gasteiger partial charge is 0.372 e. The van der Waals surface area contributed by atoms with Crippen molar-refractivity contribution < 1.29 is 0 Å². The van der Waals surface area contributed by atoms with Crippen LogP contribution in [-0.4, -0.2) is 25.6 Å². The Bertz CT molecular complexity index is 242. The lowest BCUT2D eigenvalue weighted by atomic mass is 10.1. The zero-order valence-electron chi connectivity index (χ0n) is 9.78. The fraction of sp³-hybridized carbons (Fsp3) is 0.538. The second-order valence-electron chi connectivity index (χ2n) is 3.79. The van der Waals surface area contributed by atoms with Gasteiger partial charge < -0.3 is 4.90 Å². The van der Waals surface area contributed by atoms with Crippen molar-refractivity contribution >= 4 is 17.4 Å². The Morgan fingerprint density at radius 1 is 0.933 bits per heavy atom. The highest BCUT2D eigenvalue weighted by Gasteiger charge is 2.09. The Hall–Kier alpha value is -0.630. The van der Waals surface area contributed by atoms with Gasteiger partial charge in [-0.1, -0.05) is 18.2 Å². The van der Waals surface area contributed by atoms with Crippen LogP contribution in [-0.2, 0) is 0 Å². The quantitative estimate of drug-likeness (QED) is 0.715. The molecule has 84 valence electrons. The third kappa shape index (κ3) is 4.61. The third-order valence-corrected chi connectivity index (χ3v) is 2.48. The van der Waals surface area contributed by atoms with Crippen molar-refractivity contribution in [3.8, 4) is 0 Å². The molecule has 2 rings (SSSR count). The van der Waals surface area contributed by atoms with Crippen LogP contribution in [0.4, 0.5) is 5.69 Å². The number of rotatable bonds is 1. The summed E-state index contributed by atoms with van der Waals surface area (Å²) in [5, 5.41) is 0. The average Bonchev–Trinajstić information content (AvgIpc) is 2.32. The molecular formula is C13H21NS. The maximum atomic E-state index is 2.48. The molecule has 0 amide bonds. The highest BCUT2D eigenvalue weighted by molar-refractivity contribution is 7.97. The molecular weight excluding hydrogens is 202 g/mol. The zero-order chi connectivity index (χ0) is 10.9. The summed E-state index contributed by atoms with van der Waals surface area (Å²) in [6.45, 7) is 2.48. The standard InChI is InChI=1S/C11H15N.C2H6S/c1-3-7-11(8-4-1)12-9-5-2-6-10-12;1-3-2/h1,3-4,7-8H,2,5-6,9-10H2;1-2H3. The maximum Gasteiger partial charge on any atom is 0.0366 e. The SMILES string of the molecule is CSC.c1ccc(N2CCCCC2)cc1. The molecule has 1 nitrogen and oxygen atoms in total. The van der Waals surface area contributed by atoms with Gasteiger partial charge in [0, 0.05) is 18.8 Å². The summed E-state index contributed by atoms with van der Waals surface area (Å²) in [5.41, 5.74) is 1.39. The van der Waals surface area contributed by atoms with Crippen molar-refractivity contribution in [3.05, 3.63) is 30.3 Å². The molecule has 0 spiro atoms. The molecule has 1 aromatic rings. The number of thioether (sulfide) groups is 1.